The van der Waals surface area contributed by atoms with Crippen molar-refractivity contribution in [3.8, 4) is 23.3 Å². The molecule has 0 aromatic heterocycles. The fraction of sp³-hybridized carbons (Fsp3) is 0.529. The van der Waals surface area contributed by atoms with Crippen molar-refractivity contribution in [2.24, 2.45) is 0 Å². The van der Waals surface area contributed by atoms with Gasteiger partial charge < -0.3 is 14.8 Å². The molecule has 2 rings (SSSR count). The summed E-state index contributed by atoms with van der Waals surface area (Å²) < 4.78 is 11.9. The van der Waals surface area contributed by atoms with Crippen molar-refractivity contribution in [2.45, 2.75) is 45.3 Å². The first kappa shape index (κ1) is 14.7. The lowest BCUT2D eigenvalue weighted by atomic mass is 10.0. The smallest absolute Gasteiger partial charge is 0.161 e. The van der Waals surface area contributed by atoms with E-state index in [9.17, 15) is 0 Å². The summed E-state index contributed by atoms with van der Waals surface area (Å²) in [6, 6.07) is 8.13. The van der Waals surface area contributed by atoms with Crippen molar-refractivity contribution >= 4 is 0 Å². The predicted octanol–water partition coefficient (Wildman–Crippen LogP) is 3.00. The lowest BCUT2D eigenvalue weighted by molar-refractivity contribution is 0.0599. The zero-order valence-corrected chi connectivity index (χ0v) is 12.3. The second-order valence-electron chi connectivity index (χ2n) is 4.94. The Morgan fingerprint density at radius 2 is 2.15 bits per heavy atom. The van der Waals surface area contributed by atoms with Crippen LogP contribution in [0.5, 0.6) is 11.5 Å². The topological polar surface area (TPSA) is 30.5 Å². The molecule has 108 valence electrons. The second kappa shape index (κ2) is 7.81. The van der Waals surface area contributed by atoms with E-state index in [1.165, 1.54) is 0 Å². The Balaban J connectivity index is 1.99. The number of hydrogen-bond donors (Lipinski definition) is 1. The van der Waals surface area contributed by atoms with E-state index in [1.54, 1.807) is 0 Å². The molecule has 0 fully saturated rings. The molecule has 0 saturated heterocycles. The highest BCUT2D eigenvalue weighted by Gasteiger charge is 2.27. The molecule has 1 aromatic rings. The third kappa shape index (κ3) is 3.91. The lowest BCUT2D eigenvalue weighted by Crippen LogP contribution is -2.48. The zero-order chi connectivity index (χ0) is 14.2. The third-order valence-electron chi connectivity index (χ3n) is 3.39. The fourth-order valence-electron chi connectivity index (χ4n) is 2.34. The standard InChI is InChI=1S/C17H23NO2/c1-3-5-6-9-14(18-12-4-2)17-13-19-15-10-7-8-11-16(15)20-17/h7-8,10-11,14,17-18H,4,6,9,12-13H2,1-2H3. The van der Waals surface area contributed by atoms with Gasteiger partial charge in [0.15, 0.2) is 11.5 Å². The average molecular weight is 273 g/mol. The van der Waals surface area contributed by atoms with Crippen LogP contribution < -0.4 is 14.8 Å². The molecule has 1 aliphatic heterocycles. The van der Waals surface area contributed by atoms with Gasteiger partial charge in [-0.2, -0.15) is 0 Å². The maximum absolute atomic E-state index is 6.09. The summed E-state index contributed by atoms with van der Waals surface area (Å²) in [5.74, 6) is 7.76. The quantitative estimate of drug-likeness (QED) is 0.808. The number of fused-ring (bicyclic) bond motifs is 1. The van der Waals surface area contributed by atoms with Gasteiger partial charge in [0.05, 0.1) is 0 Å². The first-order valence-electron chi connectivity index (χ1n) is 7.36. The molecule has 1 heterocycles. The predicted molar refractivity (Wildman–Crippen MR) is 81.1 cm³/mol. The van der Waals surface area contributed by atoms with Gasteiger partial charge in [0.25, 0.3) is 0 Å². The van der Waals surface area contributed by atoms with Crippen LogP contribution in [-0.2, 0) is 0 Å². The van der Waals surface area contributed by atoms with Gasteiger partial charge in [-0.05, 0) is 38.4 Å². The Labute approximate surface area is 121 Å². The van der Waals surface area contributed by atoms with Crippen LogP contribution >= 0.6 is 0 Å². The van der Waals surface area contributed by atoms with Crippen LogP contribution in [0.1, 0.15) is 33.1 Å². The molecule has 1 N–H and O–H groups in total. The van der Waals surface area contributed by atoms with E-state index in [4.69, 9.17) is 9.47 Å². The molecule has 3 nitrogen and oxygen atoms in total. The van der Waals surface area contributed by atoms with Crippen LogP contribution in [0.4, 0.5) is 0 Å². The maximum Gasteiger partial charge on any atom is 0.161 e. The summed E-state index contributed by atoms with van der Waals surface area (Å²) in [5.41, 5.74) is 0. The van der Waals surface area contributed by atoms with Crippen LogP contribution in [0.15, 0.2) is 24.3 Å². The molecule has 1 aromatic carbocycles. The minimum absolute atomic E-state index is 0.0510. The number of para-hydroxylation sites is 2. The number of ether oxygens (including phenoxy) is 2. The summed E-state index contributed by atoms with van der Waals surface area (Å²) in [4.78, 5) is 0. The number of hydrogen-bond acceptors (Lipinski definition) is 3. The molecule has 2 unspecified atom stereocenters. The Bertz CT molecular complexity index is 475. The number of benzene rings is 1. The monoisotopic (exact) mass is 273 g/mol. The van der Waals surface area contributed by atoms with E-state index in [-0.39, 0.29) is 12.1 Å². The maximum atomic E-state index is 6.09. The Hall–Kier alpha value is -1.66. The van der Waals surface area contributed by atoms with Crippen LogP contribution in [0.3, 0.4) is 0 Å². The first-order chi connectivity index (χ1) is 9.85. The molecule has 0 amide bonds. The minimum atomic E-state index is 0.0510. The van der Waals surface area contributed by atoms with Gasteiger partial charge in [0.1, 0.15) is 12.7 Å². The summed E-state index contributed by atoms with van der Waals surface area (Å²) in [5, 5.41) is 3.56. The molecule has 0 aliphatic carbocycles. The normalized spacial score (nSPS) is 18.0. The fourth-order valence-corrected chi connectivity index (χ4v) is 2.34. The molecular formula is C17H23NO2. The summed E-state index contributed by atoms with van der Waals surface area (Å²) in [6.45, 7) is 5.64. The van der Waals surface area contributed by atoms with E-state index in [2.05, 4.69) is 24.1 Å². The van der Waals surface area contributed by atoms with Crippen LogP contribution in [-0.4, -0.2) is 25.3 Å². The molecule has 0 radical (unpaired) electrons. The Morgan fingerprint density at radius 1 is 1.35 bits per heavy atom. The lowest BCUT2D eigenvalue weighted by Gasteiger charge is -2.32. The van der Waals surface area contributed by atoms with Crippen molar-refractivity contribution in [1.82, 2.24) is 5.32 Å². The molecule has 3 heteroatoms. The molecule has 0 spiro atoms. The van der Waals surface area contributed by atoms with E-state index < -0.39 is 0 Å². The number of nitrogens with one attached hydrogen (secondary N) is 1. The minimum Gasteiger partial charge on any atom is -0.486 e. The molecule has 20 heavy (non-hydrogen) atoms. The van der Waals surface area contributed by atoms with Crippen LogP contribution in [0, 0.1) is 11.8 Å². The highest BCUT2D eigenvalue weighted by molar-refractivity contribution is 5.40. The Morgan fingerprint density at radius 3 is 2.90 bits per heavy atom. The van der Waals surface area contributed by atoms with Gasteiger partial charge in [0.2, 0.25) is 0 Å². The highest BCUT2D eigenvalue weighted by Crippen LogP contribution is 2.32. The van der Waals surface area contributed by atoms with Gasteiger partial charge in [-0.3, -0.25) is 0 Å². The molecule has 0 saturated carbocycles. The van der Waals surface area contributed by atoms with Gasteiger partial charge in [0, 0.05) is 12.5 Å². The summed E-state index contributed by atoms with van der Waals surface area (Å²) in [7, 11) is 0. The Kier molecular flexibility index (Phi) is 5.76. The van der Waals surface area contributed by atoms with E-state index in [0.29, 0.717) is 6.61 Å². The van der Waals surface area contributed by atoms with Crippen molar-refractivity contribution in [3.63, 3.8) is 0 Å². The van der Waals surface area contributed by atoms with Crippen LogP contribution in [0.25, 0.3) is 0 Å². The van der Waals surface area contributed by atoms with Crippen molar-refractivity contribution < 1.29 is 9.47 Å². The zero-order valence-electron chi connectivity index (χ0n) is 12.3. The third-order valence-corrected chi connectivity index (χ3v) is 3.39. The van der Waals surface area contributed by atoms with Gasteiger partial charge in [-0.15, -0.1) is 11.8 Å². The second-order valence-corrected chi connectivity index (χ2v) is 4.94. The van der Waals surface area contributed by atoms with Gasteiger partial charge >= 0.3 is 0 Å². The SMILES string of the molecule is CC#CCCC(NCCC)C1COc2ccccc2O1. The van der Waals surface area contributed by atoms with E-state index in [0.717, 1.165) is 37.3 Å². The van der Waals surface area contributed by atoms with Crippen LogP contribution in [0.2, 0.25) is 0 Å². The average Bonchev–Trinajstić information content (AvgIpc) is 2.50. The van der Waals surface area contributed by atoms with Gasteiger partial charge in [-0.25, -0.2) is 0 Å². The van der Waals surface area contributed by atoms with Crippen molar-refractivity contribution in [2.75, 3.05) is 13.2 Å². The molecule has 0 bridgehead atoms. The summed E-state index contributed by atoms with van der Waals surface area (Å²) in [6.07, 6.45) is 3.03. The molecule has 2 atom stereocenters. The first-order valence-corrected chi connectivity index (χ1v) is 7.36. The van der Waals surface area contributed by atoms with E-state index in [1.807, 2.05) is 31.2 Å². The van der Waals surface area contributed by atoms with E-state index >= 15 is 0 Å². The highest BCUT2D eigenvalue weighted by atomic mass is 16.6. The van der Waals surface area contributed by atoms with Crippen molar-refractivity contribution in [3.05, 3.63) is 24.3 Å². The van der Waals surface area contributed by atoms with Crippen molar-refractivity contribution in [1.29, 1.82) is 0 Å². The van der Waals surface area contributed by atoms with Gasteiger partial charge in [-0.1, -0.05) is 19.1 Å². The summed E-state index contributed by atoms with van der Waals surface area (Å²) >= 11 is 0. The molecule has 1 aliphatic rings. The number of rotatable bonds is 6. The largest absolute Gasteiger partial charge is 0.486 e. The molecular weight excluding hydrogens is 250 g/mol.